The van der Waals surface area contributed by atoms with Crippen LogP contribution < -0.4 is 10.1 Å². The molecule has 24 heavy (non-hydrogen) atoms. The molecule has 1 fully saturated rings. The lowest BCUT2D eigenvalue weighted by molar-refractivity contribution is -0.123. The molecule has 1 saturated heterocycles. The lowest BCUT2D eigenvalue weighted by Crippen LogP contribution is -2.39. The molecule has 1 atom stereocenters. The van der Waals surface area contributed by atoms with Gasteiger partial charge in [0.15, 0.2) is 6.61 Å². The molecule has 0 spiro atoms. The fraction of sp³-hybridized carbons (Fsp3) is 0.316. The highest BCUT2D eigenvalue weighted by Gasteiger charge is 2.23. The van der Waals surface area contributed by atoms with Gasteiger partial charge in [0.05, 0.1) is 0 Å². The molecule has 1 unspecified atom stereocenters. The summed E-state index contributed by atoms with van der Waals surface area (Å²) in [7, 11) is 0. The van der Waals surface area contributed by atoms with E-state index < -0.39 is 0 Å². The molecule has 0 aliphatic carbocycles. The number of halogens is 1. The number of ether oxygens (including phenoxy) is 1. The minimum atomic E-state index is -0.0555. The number of hydrogen-bond acceptors (Lipinski definition) is 3. The van der Waals surface area contributed by atoms with Gasteiger partial charge in [0.2, 0.25) is 0 Å². The Morgan fingerprint density at radius 1 is 1.17 bits per heavy atom. The SMILES string of the molecule is O=C(COc1ccc(I)cc1)NC1CCN(Cc2ccccc2)C1. The van der Waals surface area contributed by atoms with Gasteiger partial charge in [-0.05, 0) is 58.8 Å². The van der Waals surface area contributed by atoms with Crippen LogP contribution in [0.15, 0.2) is 54.6 Å². The van der Waals surface area contributed by atoms with E-state index in [1.807, 2.05) is 30.3 Å². The van der Waals surface area contributed by atoms with Crippen LogP contribution in [0.25, 0.3) is 0 Å². The summed E-state index contributed by atoms with van der Waals surface area (Å²) in [6, 6.07) is 18.3. The van der Waals surface area contributed by atoms with Gasteiger partial charge >= 0.3 is 0 Å². The second-order valence-electron chi connectivity index (χ2n) is 6.02. The summed E-state index contributed by atoms with van der Waals surface area (Å²) in [5.74, 6) is 0.669. The van der Waals surface area contributed by atoms with Crippen LogP contribution in [0.4, 0.5) is 0 Å². The van der Waals surface area contributed by atoms with E-state index in [0.29, 0.717) is 0 Å². The van der Waals surface area contributed by atoms with Crippen LogP contribution in [0.3, 0.4) is 0 Å². The average molecular weight is 436 g/mol. The van der Waals surface area contributed by atoms with Crippen molar-refractivity contribution in [2.75, 3.05) is 19.7 Å². The van der Waals surface area contributed by atoms with Crippen LogP contribution >= 0.6 is 22.6 Å². The lowest BCUT2D eigenvalue weighted by Gasteiger charge is -2.17. The van der Waals surface area contributed by atoms with Crippen molar-refractivity contribution in [2.45, 2.75) is 19.0 Å². The van der Waals surface area contributed by atoms with Crippen LogP contribution in [0.1, 0.15) is 12.0 Å². The smallest absolute Gasteiger partial charge is 0.258 e. The van der Waals surface area contributed by atoms with Gasteiger partial charge in [-0.25, -0.2) is 0 Å². The van der Waals surface area contributed by atoms with E-state index in [4.69, 9.17) is 4.74 Å². The third-order valence-corrected chi connectivity index (χ3v) is 4.79. The van der Waals surface area contributed by atoms with E-state index in [1.54, 1.807) is 0 Å². The van der Waals surface area contributed by atoms with Gasteiger partial charge in [-0.15, -0.1) is 0 Å². The molecule has 2 aromatic rings. The van der Waals surface area contributed by atoms with E-state index in [-0.39, 0.29) is 18.6 Å². The minimum absolute atomic E-state index is 0.0555. The fourth-order valence-corrected chi connectivity index (χ4v) is 3.24. The second-order valence-corrected chi connectivity index (χ2v) is 7.26. The number of hydrogen-bond donors (Lipinski definition) is 1. The zero-order chi connectivity index (χ0) is 16.8. The van der Waals surface area contributed by atoms with E-state index in [2.05, 4.69) is 57.1 Å². The third kappa shape index (κ3) is 5.21. The van der Waals surface area contributed by atoms with Crippen molar-refractivity contribution in [3.63, 3.8) is 0 Å². The molecular formula is C19H21IN2O2. The molecule has 1 aliphatic heterocycles. The number of likely N-dealkylation sites (tertiary alicyclic amines) is 1. The molecule has 1 N–H and O–H groups in total. The zero-order valence-corrected chi connectivity index (χ0v) is 15.6. The Morgan fingerprint density at radius 3 is 2.67 bits per heavy atom. The average Bonchev–Trinajstić information content (AvgIpc) is 3.02. The Kier molecular flexibility index (Phi) is 6.09. The summed E-state index contributed by atoms with van der Waals surface area (Å²) >= 11 is 2.24. The topological polar surface area (TPSA) is 41.6 Å². The normalized spacial score (nSPS) is 17.6. The van der Waals surface area contributed by atoms with Gasteiger partial charge in [0.25, 0.3) is 5.91 Å². The number of benzene rings is 2. The zero-order valence-electron chi connectivity index (χ0n) is 13.5. The summed E-state index contributed by atoms with van der Waals surface area (Å²) in [6.45, 7) is 2.91. The molecule has 2 aromatic carbocycles. The van der Waals surface area contributed by atoms with Crippen LogP contribution in [0.2, 0.25) is 0 Å². The molecule has 4 nitrogen and oxygen atoms in total. The molecule has 1 amide bonds. The minimum Gasteiger partial charge on any atom is -0.484 e. The highest BCUT2D eigenvalue weighted by molar-refractivity contribution is 14.1. The first-order valence-corrected chi connectivity index (χ1v) is 9.21. The monoisotopic (exact) mass is 436 g/mol. The van der Waals surface area contributed by atoms with Gasteiger partial charge in [-0.2, -0.15) is 0 Å². The van der Waals surface area contributed by atoms with E-state index in [1.165, 1.54) is 5.56 Å². The number of nitrogens with one attached hydrogen (secondary N) is 1. The van der Waals surface area contributed by atoms with Crippen LogP contribution in [0.5, 0.6) is 5.75 Å². The summed E-state index contributed by atoms with van der Waals surface area (Å²) in [5, 5.41) is 3.07. The van der Waals surface area contributed by atoms with Crippen molar-refractivity contribution in [2.24, 2.45) is 0 Å². The van der Waals surface area contributed by atoms with Gasteiger partial charge in [0, 0.05) is 29.2 Å². The standard InChI is InChI=1S/C19H21IN2O2/c20-16-6-8-18(9-7-16)24-14-19(23)21-17-10-11-22(13-17)12-15-4-2-1-3-5-15/h1-9,17H,10-14H2,(H,21,23). The summed E-state index contributed by atoms with van der Waals surface area (Å²) < 4.78 is 6.67. The number of nitrogens with zero attached hydrogens (tertiary/aromatic N) is 1. The molecule has 1 aliphatic rings. The predicted octanol–water partition coefficient (Wildman–Crippen LogP) is 3.06. The first kappa shape index (κ1) is 17.2. The lowest BCUT2D eigenvalue weighted by atomic mass is 10.2. The number of carbonyl (C=O) groups excluding carboxylic acids is 1. The molecule has 0 bridgehead atoms. The number of rotatable bonds is 6. The highest BCUT2D eigenvalue weighted by atomic mass is 127. The molecular weight excluding hydrogens is 415 g/mol. The Bertz CT molecular complexity index is 661. The number of amides is 1. The van der Waals surface area contributed by atoms with Crippen LogP contribution in [-0.2, 0) is 11.3 Å². The van der Waals surface area contributed by atoms with Gasteiger partial charge in [-0.1, -0.05) is 30.3 Å². The van der Waals surface area contributed by atoms with Gasteiger partial charge < -0.3 is 10.1 Å². The van der Waals surface area contributed by atoms with Gasteiger partial charge in [0.1, 0.15) is 5.75 Å². The van der Waals surface area contributed by atoms with E-state index >= 15 is 0 Å². The molecule has 1 heterocycles. The van der Waals surface area contributed by atoms with E-state index in [9.17, 15) is 4.79 Å². The second kappa shape index (κ2) is 8.48. The molecule has 0 aromatic heterocycles. The largest absolute Gasteiger partial charge is 0.484 e. The van der Waals surface area contributed by atoms with Crippen molar-refractivity contribution in [1.82, 2.24) is 10.2 Å². The first-order valence-electron chi connectivity index (χ1n) is 8.13. The van der Waals surface area contributed by atoms with Crippen molar-refractivity contribution in [3.05, 3.63) is 63.7 Å². The summed E-state index contributed by atoms with van der Waals surface area (Å²) in [6.07, 6.45) is 0.988. The molecule has 0 saturated carbocycles. The van der Waals surface area contributed by atoms with Crippen molar-refractivity contribution >= 4 is 28.5 Å². The highest BCUT2D eigenvalue weighted by Crippen LogP contribution is 2.15. The van der Waals surface area contributed by atoms with Crippen molar-refractivity contribution < 1.29 is 9.53 Å². The predicted molar refractivity (Wildman–Crippen MR) is 103 cm³/mol. The first-order chi connectivity index (χ1) is 11.7. The van der Waals surface area contributed by atoms with Crippen LogP contribution in [-0.4, -0.2) is 36.5 Å². The maximum Gasteiger partial charge on any atom is 0.258 e. The Hall–Kier alpha value is -1.60. The molecule has 126 valence electrons. The third-order valence-electron chi connectivity index (χ3n) is 4.07. The maximum absolute atomic E-state index is 12.0. The Labute approximate surface area is 156 Å². The van der Waals surface area contributed by atoms with Crippen molar-refractivity contribution in [1.29, 1.82) is 0 Å². The van der Waals surface area contributed by atoms with Crippen molar-refractivity contribution in [3.8, 4) is 5.75 Å². The Balaban J connectivity index is 1.40. The fourth-order valence-electron chi connectivity index (χ4n) is 2.88. The maximum atomic E-state index is 12.0. The van der Waals surface area contributed by atoms with Gasteiger partial charge in [-0.3, -0.25) is 9.69 Å². The summed E-state index contributed by atoms with van der Waals surface area (Å²) in [5.41, 5.74) is 1.31. The molecule has 3 rings (SSSR count). The molecule has 5 heteroatoms. The number of carbonyl (C=O) groups is 1. The quantitative estimate of drug-likeness (QED) is 0.708. The molecule has 0 radical (unpaired) electrons. The van der Waals surface area contributed by atoms with Crippen LogP contribution in [0, 0.1) is 3.57 Å². The Morgan fingerprint density at radius 2 is 1.92 bits per heavy atom. The summed E-state index contributed by atoms with van der Waals surface area (Å²) in [4.78, 5) is 14.4. The van der Waals surface area contributed by atoms with E-state index in [0.717, 1.165) is 35.4 Å².